The topological polar surface area (TPSA) is 66.5 Å². The molecule has 0 saturated carbocycles. The molecule has 3 aromatic carbocycles. The van der Waals surface area contributed by atoms with E-state index in [-0.39, 0.29) is 37.2 Å². The third-order valence-electron chi connectivity index (χ3n) is 5.15. The van der Waals surface area contributed by atoms with Gasteiger partial charge in [0.25, 0.3) is 0 Å². The number of carbonyl (C=O) groups is 1. The summed E-state index contributed by atoms with van der Waals surface area (Å²) in [6.07, 6.45) is 0. The van der Waals surface area contributed by atoms with Gasteiger partial charge in [-0.3, -0.25) is 4.79 Å². The first-order valence-electron chi connectivity index (χ1n) is 10.3. The number of hydrogen-bond donors (Lipinski definition) is 1. The Morgan fingerprint density at radius 3 is 1.97 bits per heavy atom. The first-order chi connectivity index (χ1) is 16.3. The summed E-state index contributed by atoms with van der Waals surface area (Å²) in [4.78, 5) is 13.1. The summed E-state index contributed by atoms with van der Waals surface area (Å²) in [7, 11) is -4.10. The predicted molar refractivity (Wildman–Crippen MR) is 145 cm³/mol. The maximum atomic E-state index is 13.8. The fraction of sp³-hybridized carbons (Fsp3) is 0.208. The lowest BCUT2D eigenvalue weighted by atomic mass is 10.1. The molecule has 11 heteroatoms. The van der Waals surface area contributed by atoms with Crippen molar-refractivity contribution in [2.24, 2.45) is 0 Å². The Kier molecular flexibility index (Phi) is 9.03. The molecule has 5 nitrogen and oxygen atoms in total. The summed E-state index contributed by atoms with van der Waals surface area (Å²) in [5, 5.41) is 3.80. The fourth-order valence-corrected chi connectivity index (χ4v) is 6.45. The molecular formula is C24H21Cl5N2O3S. The van der Waals surface area contributed by atoms with Gasteiger partial charge in [0.2, 0.25) is 15.9 Å². The number of halogens is 5. The molecular weight excluding hydrogens is 574 g/mol. The lowest BCUT2D eigenvalue weighted by molar-refractivity contribution is -0.116. The van der Waals surface area contributed by atoms with Gasteiger partial charge >= 0.3 is 0 Å². The van der Waals surface area contributed by atoms with E-state index in [1.54, 1.807) is 44.2 Å². The monoisotopic (exact) mass is 592 g/mol. The molecule has 1 amide bonds. The molecule has 0 aliphatic rings. The first kappa shape index (κ1) is 28.1. The number of aryl methyl sites for hydroxylation is 3. The Bertz CT molecular complexity index is 1390. The van der Waals surface area contributed by atoms with Gasteiger partial charge in [-0.2, -0.15) is 4.31 Å². The van der Waals surface area contributed by atoms with E-state index >= 15 is 0 Å². The molecule has 0 heterocycles. The quantitative estimate of drug-likeness (QED) is 0.285. The molecule has 1 N–H and O–H groups in total. The van der Waals surface area contributed by atoms with E-state index in [1.807, 2.05) is 6.92 Å². The van der Waals surface area contributed by atoms with E-state index in [0.717, 1.165) is 9.87 Å². The number of carbonyl (C=O) groups excluding carboxylic acids is 1. The molecule has 0 spiro atoms. The normalized spacial score (nSPS) is 11.7. The minimum atomic E-state index is -4.10. The fourth-order valence-electron chi connectivity index (χ4n) is 3.74. The van der Waals surface area contributed by atoms with Crippen molar-refractivity contribution in [1.82, 2.24) is 4.31 Å². The lowest BCUT2D eigenvalue weighted by Gasteiger charge is -2.24. The molecule has 0 radical (unpaired) electrons. The van der Waals surface area contributed by atoms with Gasteiger partial charge in [0.05, 0.1) is 42.2 Å². The zero-order chi connectivity index (χ0) is 26.1. The Hall–Kier alpha value is -1.51. The largest absolute Gasteiger partial charge is 0.324 e. The maximum absolute atomic E-state index is 13.8. The van der Waals surface area contributed by atoms with Crippen LogP contribution in [0.1, 0.15) is 22.3 Å². The summed E-state index contributed by atoms with van der Waals surface area (Å²) in [5.41, 5.74) is 2.86. The van der Waals surface area contributed by atoms with Crippen LogP contribution >= 0.6 is 58.0 Å². The first-order valence-corrected chi connectivity index (χ1v) is 13.6. The van der Waals surface area contributed by atoms with Crippen molar-refractivity contribution in [3.8, 4) is 0 Å². The summed E-state index contributed by atoms with van der Waals surface area (Å²) in [6.45, 7) is 4.72. The summed E-state index contributed by atoms with van der Waals surface area (Å²) in [5.74, 6) is -0.614. The van der Waals surface area contributed by atoms with E-state index < -0.39 is 22.5 Å². The minimum absolute atomic E-state index is 0.117. The SMILES string of the molecule is Cc1cc(C)c(S(=O)(=O)N(CC(=O)Nc2cc(Cl)c(Cl)cc2Cl)Cc2ccc(Cl)c(Cl)c2)c(C)c1. The van der Waals surface area contributed by atoms with Crippen molar-refractivity contribution >= 4 is 79.6 Å². The van der Waals surface area contributed by atoms with Crippen LogP contribution in [0.5, 0.6) is 0 Å². The second kappa shape index (κ2) is 11.3. The standard InChI is InChI=1S/C24H21Cl5N2O3S/c1-13-6-14(2)24(15(3)7-13)35(33,34)31(11-16-4-5-17(25)18(26)8-16)12-23(32)30-22-10-20(28)19(27)9-21(22)29/h4-10H,11-12H2,1-3H3,(H,30,32). The zero-order valence-corrected chi connectivity index (χ0v) is 23.5. The van der Waals surface area contributed by atoms with Gasteiger partial charge in [-0.05, 0) is 61.7 Å². The maximum Gasteiger partial charge on any atom is 0.244 e. The van der Waals surface area contributed by atoms with Crippen LogP contribution in [0, 0.1) is 20.8 Å². The second-order valence-electron chi connectivity index (χ2n) is 8.04. The van der Waals surface area contributed by atoms with Gasteiger partial charge in [-0.25, -0.2) is 8.42 Å². The predicted octanol–water partition coefficient (Wildman–Crippen LogP) is 7.71. The highest BCUT2D eigenvalue weighted by atomic mass is 35.5. The van der Waals surface area contributed by atoms with Crippen LogP contribution in [0.3, 0.4) is 0 Å². The van der Waals surface area contributed by atoms with Crippen LogP contribution in [0.25, 0.3) is 0 Å². The van der Waals surface area contributed by atoms with Crippen LogP contribution in [-0.4, -0.2) is 25.2 Å². The molecule has 186 valence electrons. The number of rotatable bonds is 7. The van der Waals surface area contributed by atoms with Gasteiger partial charge in [-0.1, -0.05) is 81.8 Å². The molecule has 0 saturated heterocycles. The Labute approximate surface area is 229 Å². The molecule has 0 bridgehead atoms. The minimum Gasteiger partial charge on any atom is -0.324 e. The Morgan fingerprint density at radius 2 is 1.37 bits per heavy atom. The van der Waals surface area contributed by atoms with Crippen molar-refractivity contribution in [2.45, 2.75) is 32.2 Å². The lowest BCUT2D eigenvalue weighted by Crippen LogP contribution is -2.38. The molecule has 0 aliphatic heterocycles. The molecule has 0 unspecified atom stereocenters. The van der Waals surface area contributed by atoms with Crippen molar-refractivity contribution < 1.29 is 13.2 Å². The summed E-state index contributed by atoms with van der Waals surface area (Å²) in [6, 6.07) is 11.1. The molecule has 3 aromatic rings. The van der Waals surface area contributed by atoms with E-state index in [9.17, 15) is 13.2 Å². The van der Waals surface area contributed by atoms with Crippen molar-refractivity contribution in [2.75, 3.05) is 11.9 Å². The highest BCUT2D eigenvalue weighted by molar-refractivity contribution is 7.89. The molecule has 0 fully saturated rings. The van der Waals surface area contributed by atoms with Gasteiger partial charge in [0, 0.05) is 6.54 Å². The van der Waals surface area contributed by atoms with E-state index in [0.29, 0.717) is 21.7 Å². The number of nitrogens with zero attached hydrogens (tertiary/aromatic N) is 1. The number of amides is 1. The third kappa shape index (κ3) is 6.63. The van der Waals surface area contributed by atoms with Crippen molar-refractivity contribution in [3.05, 3.63) is 89.8 Å². The third-order valence-corrected chi connectivity index (χ3v) is 9.02. The van der Waals surface area contributed by atoms with Crippen LogP contribution < -0.4 is 5.32 Å². The highest BCUT2D eigenvalue weighted by Crippen LogP contribution is 2.33. The molecule has 35 heavy (non-hydrogen) atoms. The van der Waals surface area contributed by atoms with Crippen molar-refractivity contribution in [3.63, 3.8) is 0 Å². The number of hydrogen-bond acceptors (Lipinski definition) is 3. The van der Waals surface area contributed by atoms with Gasteiger partial charge in [-0.15, -0.1) is 0 Å². The summed E-state index contributed by atoms with van der Waals surface area (Å²) < 4.78 is 28.7. The second-order valence-corrected chi connectivity index (χ2v) is 12.0. The van der Waals surface area contributed by atoms with Crippen molar-refractivity contribution in [1.29, 1.82) is 0 Å². The number of benzene rings is 3. The molecule has 3 rings (SSSR count). The van der Waals surface area contributed by atoms with Crippen LogP contribution in [0.4, 0.5) is 5.69 Å². The summed E-state index contributed by atoms with van der Waals surface area (Å²) >= 11 is 30.3. The highest BCUT2D eigenvalue weighted by Gasteiger charge is 2.30. The number of anilines is 1. The van der Waals surface area contributed by atoms with Gasteiger partial charge in [0.1, 0.15) is 0 Å². The Morgan fingerprint density at radius 1 is 0.800 bits per heavy atom. The average Bonchev–Trinajstić information content (AvgIpc) is 2.73. The van der Waals surface area contributed by atoms with E-state index in [4.69, 9.17) is 58.0 Å². The number of sulfonamides is 1. The molecule has 0 aromatic heterocycles. The van der Waals surface area contributed by atoms with E-state index in [1.165, 1.54) is 12.1 Å². The van der Waals surface area contributed by atoms with Crippen LogP contribution in [0.2, 0.25) is 25.1 Å². The zero-order valence-electron chi connectivity index (χ0n) is 18.9. The smallest absolute Gasteiger partial charge is 0.244 e. The number of nitrogens with one attached hydrogen (secondary N) is 1. The molecule has 0 aliphatic carbocycles. The molecule has 0 atom stereocenters. The van der Waals surface area contributed by atoms with Gasteiger partial charge < -0.3 is 5.32 Å². The average molecular weight is 595 g/mol. The van der Waals surface area contributed by atoms with Crippen LogP contribution in [-0.2, 0) is 21.4 Å². The van der Waals surface area contributed by atoms with E-state index in [2.05, 4.69) is 5.32 Å². The Balaban J connectivity index is 2.00. The van der Waals surface area contributed by atoms with Crippen LogP contribution in [0.15, 0.2) is 47.4 Å². The van der Waals surface area contributed by atoms with Gasteiger partial charge in [0.15, 0.2) is 0 Å².